The van der Waals surface area contributed by atoms with Crippen LogP contribution in [0.1, 0.15) is 0 Å². The van der Waals surface area contributed by atoms with Gasteiger partial charge in [0.2, 0.25) is 5.91 Å². The zero-order chi connectivity index (χ0) is 17.1. The average Bonchev–Trinajstić information content (AvgIpc) is 2.58. The standard InChI is InChI=1S/C16H14BrN3O4/c1-23-11-4-2-10(3-5-11)18-14(21)8-20-15(22)9-24-12-6-7-13(17)19-16(12)20/h2-7H,8-9H2,1H3,(H,18,21). The predicted octanol–water partition coefficient (Wildman–Crippen LogP) is 2.22. The van der Waals surface area contributed by atoms with E-state index in [0.717, 1.165) is 0 Å². The molecule has 0 atom stereocenters. The molecule has 0 bridgehead atoms. The van der Waals surface area contributed by atoms with Crippen molar-refractivity contribution in [2.45, 2.75) is 0 Å². The molecule has 124 valence electrons. The van der Waals surface area contributed by atoms with Gasteiger partial charge >= 0.3 is 0 Å². The summed E-state index contributed by atoms with van der Waals surface area (Å²) in [6.07, 6.45) is 0. The highest BCUT2D eigenvalue weighted by atomic mass is 79.9. The summed E-state index contributed by atoms with van der Waals surface area (Å²) in [5.74, 6) is 0.834. The lowest BCUT2D eigenvalue weighted by atomic mass is 10.3. The molecule has 0 unspecified atom stereocenters. The second-order valence-electron chi connectivity index (χ2n) is 5.00. The summed E-state index contributed by atoms with van der Waals surface area (Å²) in [5.41, 5.74) is 0.615. The smallest absolute Gasteiger partial charge is 0.266 e. The van der Waals surface area contributed by atoms with Crippen molar-refractivity contribution < 1.29 is 19.1 Å². The van der Waals surface area contributed by atoms with Gasteiger partial charge in [-0.25, -0.2) is 4.98 Å². The molecular formula is C16H14BrN3O4. The monoisotopic (exact) mass is 391 g/mol. The topological polar surface area (TPSA) is 80.8 Å². The van der Waals surface area contributed by atoms with Gasteiger partial charge in [-0.3, -0.25) is 14.5 Å². The Morgan fingerprint density at radius 3 is 2.79 bits per heavy atom. The highest BCUT2D eigenvalue weighted by molar-refractivity contribution is 9.10. The number of nitrogens with zero attached hydrogens (tertiary/aromatic N) is 2. The highest BCUT2D eigenvalue weighted by Crippen LogP contribution is 2.31. The van der Waals surface area contributed by atoms with E-state index in [1.807, 2.05) is 0 Å². The molecule has 1 aliphatic rings. The first-order chi connectivity index (χ1) is 11.6. The molecule has 3 rings (SSSR count). The number of anilines is 2. The van der Waals surface area contributed by atoms with E-state index in [0.29, 0.717) is 27.6 Å². The van der Waals surface area contributed by atoms with Gasteiger partial charge in [0.25, 0.3) is 5.91 Å². The van der Waals surface area contributed by atoms with Crippen molar-refractivity contribution in [2.75, 3.05) is 30.5 Å². The van der Waals surface area contributed by atoms with Crippen LogP contribution in [0.4, 0.5) is 11.5 Å². The van der Waals surface area contributed by atoms with E-state index in [1.165, 1.54) is 4.90 Å². The Balaban J connectivity index is 1.74. The minimum atomic E-state index is -0.330. The fourth-order valence-corrected chi connectivity index (χ4v) is 2.54. The molecule has 0 saturated carbocycles. The van der Waals surface area contributed by atoms with Crippen LogP contribution in [0.15, 0.2) is 41.0 Å². The number of amides is 2. The van der Waals surface area contributed by atoms with Gasteiger partial charge in [0.15, 0.2) is 18.2 Å². The molecule has 1 aromatic heterocycles. The lowest BCUT2D eigenvalue weighted by molar-refractivity contribution is -0.123. The van der Waals surface area contributed by atoms with Gasteiger partial charge in [0, 0.05) is 5.69 Å². The molecule has 0 fully saturated rings. The quantitative estimate of drug-likeness (QED) is 0.808. The van der Waals surface area contributed by atoms with Crippen LogP contribution in [-0.4, -0.2) is 37.1 Å². The van der Waals surface area contributed by atoms with Crippen molar-refractivity contribution in [1.29, 1.82) is 0 Å². The molecule has 7 nitrogen and oxygen atoms in total. The number of pyridine rings is 1. The fraction of sp³-hybridized carbons (Fsp3) is 0.188. The first kappa shape index (κ1) is 16.3. The number of rotatable bonds is 4. The van der Waals surface area contributed by atoms with Gasteiger partial charge in [-0.1, -0.05) is 0 Å². The summed E-state index contributed by atoms with van der Waals surface area (Å²) in [7, 11) is 1.57. The molecule has 1 aliphatic heterocycles. The average molecular weight is 392 g/mol. The van der Waals surface area contributed by atoms with E-state index < -0.39 is 0 Å². The lowest BCUT2D eigenvalue weighted by Crippen LogP contribution is -2.44. The van der Waals surface area contributed by atoms with Crippen LogP contribution in [0.25, 0.3) is 0 Å². The molecule has 2 heterocycles. The third-order valence-corrected chi connectivity index (χ3v) is 3.83. The maximum atomic E-state index is 12.3. The van der Waals surface area contributed by atoms with Crippen LogP contribution in [0.2, 0.25) is 0 Å². The zero-order valence-corrected chi connectivity index (χ0v) is 14.4. The first-order valence-electron chi connectivity index (χ1n) is 7.10. The van der Waals surface area contributed by atoms with Gasteiger partial charge in [-0.2, -0.15) is 0 Å². The molecule has 8 heteroatoms. The summed E-state index contributed by atoms with van der Waals surface area (Å²) in [4.78, 5) is 29.9. The van der Waals surface area contributed by atoms with Crippen molar-refractivity contribution >= 4 is 39.2 Å². The summed E-state index contributed by atoms with van der Waals surface area (Å²) in [5, 5.41) is 2.74. The number of benzene rings is 1. The van der Waals surface area contributed by atoms with E-state index in [-0.39, 0.29) is 25.0 Å². The minimum Gasteiger partial charge on any atom is -0.497 e. The molecule has 0 spiro atoms. The second kappa shape index (κ2) is 6.88. The van der Waals surface area contributed by atoms with Crippen molar-refractivity contribution in [3.05, 3.63) is 41.0 Å². The Bertz CT molecular complexity index is 779. The highest BCUT2D eigenvalue weighted by Gasteiger charge is 2.28. The lowest BCUT2D eigenvalue weighted by Gasteiger charge is -2.27. The van der Waals surface area contributed by atoms with E-state index in [1.54, 1.807) is 43.5 Å². The SMILES string of the molecule is COc1ccc(NC(=O)CN2C(=O)COc3ccc(Br)nc32)cc1. The van der Waals surface area contributed by atoms with E-state index >= 15 is 0 Å². The number of halogens is 1. The largest absolute Gasteiger partial charge is 0.497 e. The Labute approximate surface area is 146 Å². The van der Waals surface area contributed by atoms with Crippen LogP contribution < -0.4 is 19.7 Å². The number of ether oxygens (including phenoxy) is 2. The zero-order valence-electron chi connectivity index (χ0n) is 12.8. The Hall–Kier alpha value is -2.61. The number of methoxy groups -OCH3 is 1. The third-order valence-electron chi connectivity index (χ3n) is 3.39. The van der Waals surface area contributed by atoms with Gasteiger partial charge in [-0.15, -0.1) is 0 Å². The molecule has 1 aromatic carbocycles. The van der Waals surface area contributed by atoms with Crippen molar-refractivity contribution in [3.8, 4) is 11.5 Å². The van der Waals surface area contributed by atoms with Gasteiger partial charge < -0.3 is 14.8 Å². The molecule has 2 aromatic rings. The molecule has 0 aliphatic carbocycles. The summed E-state index contributed by atoms with van der Waals surface area (Å²) < 4.78 is 10.9. The summed E-state index contributed by atoms with van der Waals surface area (Å²) in [6.45, 7) is -0.267. The maximum absolute atomic E-state index is 12.3. The number of carbonyl (C=O) groups is 2. The number of aromatic nitrogens is 1. The minimum absolute atomic E-state index is 0.119. The van der Waals surface area contributed by atoms with Crippen LogP contribution >= 0.6 is 15.9 Å². The summed E-state index contributed by atoms with van der Waals surface area (Å²) in [6, 6.07) is 10.3. The number of hydrogen-bond donors (Lipinski definition) is 1. The maximum Gasteiger partial charge on any atom is 0.266 e. The molecular weight excluding hydrogens is 378 g/mol. The van der Waals surface area contributed by atoms with E-state index in [2.05, 4.69) is 26.2 Å². The molecule has 0 radical (unpaired) electrons. The Morgan fingerprint density at radius 1 is 1.33 bits per heavy atom. The van der Waals surface area contributed by atoms with Crippen LogP contribution in [0, 0.1) is 0 Å². The van der Waals surface area contributed by atoms with Crippen molar-refractivity contribution in [1.82, 2.24) is 4.98 Å². The fourth-order valence-electron chi connectivity index (χ4n) is 2.24. The number of carbonyl (C=O) groups excluding carboxylic acids is 2. The van der Waals surface area contributed by atoms with Crippen LogP contribution in [0.3, 0.4) is 0 Å². The van der Waals surface area contributed by atoms with E-state index in [4.69, 9.17) is 9.47 Å². The predicted molar refractivity (Wildman–Crippen MR) is 91.4 cm³/mol. The third kappa shape index (κ3) is 3.48. The number of nitrogens with one attached hydrogen (secondary N) is 1. The Morgan fingerprint density at radius 2 is 2.08 bits per heavy atom. The van der Waals surface area contributed by atoms with Gasteiger partial charge in [-0.05, 0) is 52.3 Å². The first-order valence-corrected chi connectivity index (χ1v) is 7.90. The van der Waals surface area contributed by atoms with Crippen molar-refractivity contribution in [3.63, 3.8) is 0 Å². The second-order valence-corrected chi connectivity index (χ2v) is 5.81. The molecule has 1 N–H and O–H groups in total. The number of hydrogen-bond acceptors (Lipinski definition) is 5. The van der Waals surface area contributed by atoms with Crippen LogP contribution in [0.5, 0.6) is 11.5 Å². The molecule has 0 saturated heterocycles. The Kier molecular flexibility index (Phi) is 4.66. The normalized spacial score (nSPS) is 13.1. The molecule has 2 amide bonds. The van der Waals surface area contributed by atoms with Gasteiger partial charge in [0.1, 0.15) is 16.9 Å². The van der Waals surface area contributed by atoms with Gasteiger partial charge in [0.05, 0.1) is 7.11 Å². The number of fused-ring (bicyclic) bond motifs is 1. The van der Waals surface area contributed by atoms with E-state index in [9.17, 15) is 9.59 Å². The van der Waals surface area contributed by atoms with Crippen molar-refractivity contribution in [2.24, 2.45) is 0 Å². The molecule has 24 heavy (non-hydrogen) atoms. The summed E-state index contributed by atoms with van der Waals surface area (Å²) >= 11 is 3.25. The van der Waals surface area contributed by atoms with Crippen LogP contribution in [-0.2, 0) is 9.59 Å².